The lowest BCUT2D eigenvalue weighted by Gasteiger charge is -2.31. The van der Waals surface area contributed by atoms with Crippen molar-refractivity contribution in [2.45, 2.75) is 12.8 Å². The molecule has 1 saturated heterocycles. The summed E-state index contributed by atoms with van der Waals surface area (Å²) in [6, 6.07) is 7.22. The third-order valence-electron chi connectivity index (χ3n) is 3.57. The Bertz CT molecular complexity index is 411. The Morgan fingerprint density at radius 3 is 2.47 bits per heavy atom. The van der Waals surface area contributed by atoms with Crippen molar-refractivity contribution in [2.24, 2.45) is 11.8 Å². The summed E-state index contributed by atoms with van der Waals surface area (Å²) >= 11 is 0. The van der Waals surface area contributed by atoms with Crippen LogP contribution in [0.3, 0.4) is 0 Å². The van der Waals surface area contributed by atoms with Gasteiger partial charge < -0.3 is 14.5 Å². The van der Waals surface area contributed by atoms with Gasteiger partial charge in [-0.2, -0.15) is 0 Å². The fraction of sp³-hybridized carbons (Fsp3) is 0.500. The number of hydrogen-bond acceptors (Lipinski definition) is 4. The lowest BCUT2D eigenvalue weighted by Crippen LogP contribution is -2.39. The van der Waals surface area contributed by atoms with E-state index in [0.29, 0.717) is 18.1 Å². The highest BCUT2D eigenvalue weighted by atomic mass is 16.6. The molecule has 0 aliphatic carbocycles. The number of likely N-dealkylation sites (tertiary alicyclic amines) is 1. The van der Waals surface area contributed by atoms with Crippen molar-refractivity contribution < 1.29 is 14.4 Å². The average Bonchev–Trinajstić information content (AvgIpc) is 2.48. The first-order chi connectivity index (χ1) is 9.24. The maximum Gasteiger partial charge on any atom is 0.253 e. The minimum Gasteiger partial charge on any atom is -0.497 e. The molecule has 5 nitrogen and oxygen atoms in total. The van der Waals surface area contributed by atoms with Crippen molar-refractivity contribution in [3.8, 4) is 5.75 Å². The molecule has 5 heteroatoms. The van der Waals surface area contributed by atoms with Crippen LogP contribution in [0.15, 0.2) is 24.3 Å². The number of methoxy groups -OCH3 is 1. The van der Waals surface area contributed by atoms with E-state index in [1.807, 2.05) is 17.0 Å². The Morgan fingerprint density at radius 1 is 1.32 bits per heavy atom. The van der Waals surface area contributed by atoms with E-state index < -0.39 is 0 Å². The van der Waals surface area contributed by atoms with Gasteiger partial charge in [-0.25, -0.2) is 5.90 Å². The summed E-state index contributed by atoms with van der Waals surface area (Å²) in [5.41, 5.74) is 0.703. The molecule has 19 heavy (non-hydrogen) atoms. The van der Waals surface area contributed by atoms with E-state index in [9.17, 15) is 4.79 Å². The Hall–Kier alpha value is -1.59. The predicted octanol–water partition coefficient (Wildman–Crippen LogP) is 1.44. The number of piperidine rings is 1. The number of hydrogen-bond donors (Lipinski definition) is 1. The van der Waals surface area contributed by atoms with Gasteiger partial charge in [0, 0.05) is 18.7 Å². The first-order valence-corrected chi connectivity index (χ1v) is 6.49. The molecule has 1 heterocycles. The zero-order valence-corrected chi connectivity index (χ0v) is 11.2. The minimum atomic E-state index is 0.0785. The SMILES string of the molecule is COc1ccc(C(=O)N2CCC(CON)CC2)cc1. The van der Waals surface area contributed by atoms with Crippen LogP contribution in [0, 0.1) is 5.92 Å². The maximum atomic E-state index is 12.3. The van der Waals surface area contributed by atoms with Crippen LogP contribution in [0.4, 0.5) is 0 Å². The molecule has 104 valence electrons. The molecule has 0 bridgehead atoms. The predicted molar refractivity (Wildman–Crippen MR) is 71.8 cm³/mol. The van der Waals surface area contributed by atoms with E-state index in [1.165, 1.54) is 0 Å². The van der Waals surface area contributed by atoms with E-state index in [1.54, 1.807) is 19.2 Å². The van der Waals surface area contributed by atoms with E-state index in [4.69, 9.17) is 10.6 Å². The Morgan fingerprint density at radius 2 is 1.95 bits per heavy atom. The number of carbonyl (C=O) groups excluding carboxylic acids is 1. The third kappa shape index (κ3) is 3.45. The summed E-state index contributed by atoms with van der Waals surface area (Å²) < 4.78 is 5.08. The van der Waals surface area contributed by atoms with Crippen LogP contribution in [0.5, 0.6) is 5.75 Å². The monoisotopic (exact) mass is 264 g/mol. The highest BCUT2D eigenvalue weighted by Crippen LogP contribution is 2.20. The van der Waals surface area contributed by atoms with Gasteiger partial charge in [-0.1, -0.05) is 0 Å². The molecule has 0 aromatic heterocycles. The summed E-state index contributed by atoms with van der Waals surface area (Å²) in [6.45, 7) is 2.10. The summed E-state index contributed by atoms with van der Waals surface area (Å²) in [5.74, 6) is 6.38. The topological polar surface area (TPSA) is 64.8 Å². The molecular formula is C14H20N2O3. The third-order valence-corrected chi connectivity index (χ3v) is 3.57. The molecule has 0 unspecified atom stereocenters. The van der Waals surface area contributed by atoms with Crippen molar-refractivity contribution in [2.75, 3.05) is 26.8 Å². The molecule has 2 rings (SSSR count). The summed E-state index contributed by atoms with van der Waals surface area (Å²) in [6.07, 6.45) is 1.89. The van der Waals surface area contributed by atoms with Gasteiger partial charge in [-0.15, -0.1) is 0 Å². The second kappa shape index (κ2) is 6.54. The normalized spacial score (nSPS) is 16.4. The number of amides is 1. The second-order valence-corrected chi connectivity index (χ2v) is 4.80. The first-order valence-electron chi connectivity index (χ1n) is 6.49. The number of nitrogens with zero attached hydrogens (tertiary/aromatic N) is 1. The Kier molecular flexibility index (Phi) is 4.76. The maximum absolute atomic E-state index is 12.3. The average molecular weight is 264 g/mol. The van der Waals surface area contributed by atoms with Gasteiger partial charge in [0.2, 0.25) is 0 Å². The van der Waals surface area contributed by atoms with Crippen molar-refractivity contribution in [1.82, 2.24) is 4.90 Å². The van der Waals surface area contributed by atoms with Gasteiger partial charge in [0.15, 0.2) is 0 Å². The summed E-state index contributed by atoms with van der Waals surface area (Å²) in [5, 5.41) is 0. The van der Waals surface area contributed by atoms with Crippen LogP contribution in [0.25, 0.3) is 0 Å². The zero-order chi connectivity index (χ0) is 13.7. The van der Waals surface area contributed by atoms with E-state index in [2.05, 4.69) is 4.84 Å². The molecule has 0 saturated carbocycles. The fourth-order valence-corrected chi connectivity index (χ4v) is 2.35. The van der Waals surface area contributed by atoms with Crippen LogP contribution in [0.2, 0.25) is 0 Å². The number of carbonyl (C=O) groups is 1. The molecule has 2 N–H and O–H groups in total. The van der Waals surface area contributed by atoms with Gasteiger partial charge in [-0.05, 0) is 43.0 Å². The number of benzene rings is 1. The highest BCUT2D eigenvalue weighted by Gasteiger charge is 2.23. The molecule has 0 atom stereocenters. The van der Waals surface area contributed by atoms with E-state index in [-0.39, 0.29) is 5.91 Å². The summed E-state index contributed by atoms with van der Waals surface area (Å²) in [4.78, 5) is 18.8. The molecule has 1 amide bonds. The first kappa shape index (κ1) is 13.8. The van der Waals surface area contributed by atoms with Gasteiger partial charge in [0.25, 0.3) is 5.91 Å². The number of rotatable bonds is 4. The standard InChI is InChI=1S/C14H20N2O3/c1-18-13-4-2-12(3-5-13)14(17)16-8-6-11(7-9-16)10-19-15/h2-5,11H,6-10,15H2,1H3. The van der Waals surface area contributed by atoms with Crippen LogP contribution in [-0.2, 0) is 4.84 Å². The Labute approximate surface area is 113 Å². The quantitative estimate of drug-likeness (QED) is 0.836. The molecule has 1 aliphatic heterocycles. The number of nitrogens with two attached hydrogens (primary N) is 1. The van der Waals surface area contributed by atoms with Crippen molar-refractivity contribution >= 4 is 5.91 Å². The van der Waals surface area contributed by atoms with Crippen LogP contribution in [0.1, 0.15) is 23.2 Å². The molecule has 1 aromatic rings. The van der Waals surface area contributed by atoms with Crippen molar-refractivity contribution in [3.63, 3.8) is 0 Å². The lowest BCUT2D eigenvalue weighted by molar-refractivity contribution is 0.0525. The highest BCUT2D eigenvalue weighted by molar-refractivity contribution is 5.94. The van der Waals surface area contributed by atoms with E-state index in [0.717, 1.165) is 31.7 Å². The van der Waals surface area contributed by atoms with Crippen LogP contribution < -0.4 is 10.6 Å². The fourth-order valence-electron chi connectivity index (χ4n) is 2.35. The molecular weight excluding hydrogens is 244 g/mol. The van der Waals surface area contributed by atoms with Gasteiger partial charge in [-0.3, -0.25) is 4.79 Å². The van der Waals surface area contributed by atoms with Gasteiger partial charge in [0.1, 0.15) is 5.75 Å². The molecule has 1 aliphatic rings. The van der Waals surface area contributed by atoms with E-state index >= 15 is 0 Å². The Balaban J connectivity index is 1.93. The number of ether oxygens (including phenoxy) is 1. The summed E-state index contributed by atoms with van der Waals surface area (Å²) in [7, 11) is 1.61. The minimum absolute atomic E-state index is 0.0785. The molecule has 0 radical (unpaired) electrons. The molecule has 0 spiro atoms. The van der Waals surface area contributed by atoms with Crippen LogP contribution >= 0.6 is 0 Å². The molecule has 1 aromatic carbocycles. The molecule has 1 fully saturated rings. The largest absolute Gasteiger partial charge is 0.497 e. The van der Waals surface area contributed by atoms with Crippen molar-refractivity contribution in [3.05, 3.63) is 29.8 Å². The smallest absolute Gasteiger partial charge is 0.253 e. The lowest BCUT2D eigenvalue weighted by atomic mass is 9.97. The van der Waals surface area contributed by atoms with Gasteiger partial charge >= 0.3 is 0 Å². The van der Waals surface area contributed by atoms with Gasteiger partial charge in [0.05, 0.1) is 13.7 Å². The zero-order valence-electron chi connectivity index (χ0n) is 11.2. The second-order valence-electron chi connectivity index (χ2n) is 4.80. The van der Waals surface area contributed by atoms with Crippen LogP contribution in [-0.4, -0.2) is 37.6 Å². The van der Waals surface area contributed by atoms with Crippen molar-refractivity contribution in [1.29, 1.82) is 0 Å².